The molecule has 1 unspecified atom stereocenters. The molecule has 0 aromatic heterocycles. The van der Waals surface area contributed by atoms with Crippen LogP contribution in [-0.4, -0.2) is 16.8 Å². The molecular formula is C21H19NO2. The number of hydrogen-bond donors (Lipinski definition) is 3. The van der Waals surface area contributed by atoms with Gasteiger partial charge in [-0.3, -0.25) is 0 Å². The van der Waals surface area contributed by atoms with Crippen molar-refractivity contribution in [2.75, 3.05) is 6.54 Å². The minimum absolute atomic E-state index is 0.0302. The van der Waals surface area contributed by atoms with Gasteiger partial charge in [-0.15, -0.1) is 0 Å². The van der Waals surface area contributed by atoms with Crippen LogP contribution in [-0.2, 0) is 6.42 Å². The Hall–Kier alpha value is -2.78. The molecule has 3 heteroatoms. The molecule has 0 heterocycles. The Morgan fingerprint density at radius 3 is 2.54 bits per heavy atom. The Morgan fingerprint density at radius 1 is 0.958 bits per heavy atom. The summed E-state index contributed by atoms with van der Waals surface area (Å²) in [6, 6.07) is 18.1. The van der Waals surface area contributed by atoms with E-state index >= 15 is 0 Å². The Bertz CT molecular complexity index is 959. The van der Waals surface area contributed by atoms with E-state index in [0.29, 0.717) is 13.0 Å². The van der Waals surface area contributed by atoms with Crippen LogP contribution in [0.1, 0.15) is 22.6 Å². The zero-order valence-corrected chi connectivity index (χ0v) is 13.2. The molecule has 0 radical (unpaired) electrons. The van der Waals surface area contributed by atoms with Gasteiger partial charge < -0.3 is 15.9 Å². The van der Waals surface area contributed by atoms with Crippen LogP contribution in [0.25, 0.3) is 16.3 Å². The normalized spacial score (nSPS) is 16.7. The second kappa shape index (κ2) is 5.69. The standard InChI is InChI=1S/C21H19NO2/c22-12-17-10-16(11-19-18(17)7-8-20(23)21(19)24)15-6-5-13-3-1-2-4-14(13)9-15/h1-10,16,23-24H,11-12,22H2. The fourth-order valence-electron chi connectivity index (χ4n) is 3.57. The second-order valence-electron chi connectivity index (χ2n) is 6.27. The summed E-state index contributed by atoms with van der Waals surface area (Å²) in [5.41, 5.74) is 9.83. The van der Waals surface area contributed by atoms with E-state index in [2.05, 4.69) is 36.4 Å². The van der Waals surface area contributed by atoms with Crippen LogP contribution in [0.15, 0.2) is 60.7 Å². The lowest BCUT2D eigenvalue weighted by molar-refractivity contribution is 0.398. The minimum Gasteiger partial charge on any atom is -0.504 e. The van der Waals surface area contributed by atoms with Crippen LogP contribution in [0.5, 0.6) is 11.5 Å². The maximum Gasteiger partial charge on any atom is 0.161 e. The average molecular weight is 317 g/mol. The molecule has 3 aromatic rings. The molecule has 1 aliphatic rings. The topological polar surface area (TPSA) is 66.5 Å². The van der Waals surface area contributed by atoms with Gasteiger partial charge in [0.2, 0.25) is 0 Å². The molecule has 4 rings (SSSR count). The van der Waals surface area contributed by atoms with Crippen molar-refractivity contribution in [1.29, 1.82) is 0 Å². The highest BCUT2D eigenvalue weighted by Gasteiger charge is 2.24. The van der Waals surface area contributed by atoms with Crippen molar-refractivity contribution in [3.63, 3.8) is 0 Å². The number of rotatable bonds is 2. The highest BCUT2D eigenvalue weighted by molar-refractivity contribution is 5.84. The van der Waals surface area contributed by atoms with Gasteiger partial charge in [0.05, 0.1) is 0 Å². The largest absolute Gasteiger partial charge is 0.504 e. The molecular weight excluding hydrogens is 298 g/mol. The number of hydrogen-bond acceptors (Lipinski definition) is 3. The first kappa shape index (κ1) is 14.8. The molecule has 0 spiro atoms. The molecule has 0 bridgehead atoms. The van der Waals surface area contributed by atoms with Gasteiger partial charge >= 0.3 is 0 Å². The third-order valence-electron chi connectivity index (χ3n) is 4.86. The van der Waals surface area contributed by atoms with Crippen molar-refractivity contribution < 1.29 is 10.2 Å². The number of fused-ring (bicyclic) bond motifs is 2. The van der Waals surface area contributed by atoms with Gasteiger partial charge in [-0.1, -0.05) is 54.6 Å². The van der Waals surface area contributed by atoms with Crippen LogP contribution >= 0.6 is 0 Å². The van der Waals surface area contributed by atoms with Crippen LogP contribution in [0.4, 0.5) is 0 Å². The number of phenols is 2. The van der Waals surface area contributed by atoms with Crippen LogP contribution < -0.4 is 5.73 Å². The average Bonchev–Trinajstić information content (AvgIpc) is 2.63. The molecule has 0 fully saturated rings. The summed E-state index contributed by atoms with van der Waals surface area (Å²) < 4.78 is 0. The lowest BCUT2D eigenvalue weighted by Gasteiger charge is -2.25. The van der Waals surface area contributed by atoms with E-state index in [1.807, 2.05) is 18.2 Å². The Morgan fingerprint density at radius 2 is 1.75 bits per heavy atom. The van der Waals surface area contributed by atoms with Crippen LogP contribution in [0.2, 0.25) is 0 Å². The Kier molecular flexibility index (Phi) is 3.51. The quantitative estimate of drug-likeness (QED) is 0.627. The van der Waals surface area contributed by atoms with Crippen molar-refractivity contribution in [3.05, 3.63) is 77.4 Å². The molecule has 0 aliphatic heterocycles. The predicted octanol–water partition coefficient (Wildman–Crippen LogP) is 3.93. The lowest BCUT2D eigenvalue weighted by Crippen LogP contribution is -2.14. The highest BCUT2D eigenvalue weighted by Crippen LogP contribution is 2.42. The Labute approximate surface area is 140 Å². The smallest absolute Gasteiger partial charge is 0.161 e. The van der Waals surface area contributed by atoms with Crippen LogP contribution in [0.3, 0.4) is 0 Å². The zero-order valence-electron chi connectivity index (χ0n) is 13.2. The summed E-state index contributed by atoms with van der Waals surface area (Å²) in [6.07, 6.45) is 2.83. The van der Waals surface area contributed by atoms with Crippen LogP contribution in [0, 0.1) is 0 Å². The van der Waals surface area contributed by atoms with E-state index in [1.165, 1.54) is 22.4 Å². The molecule has 24 heavy (non-hydrogen) atoms. The van der Waals surface area contributed by atoms with Crippen molar-refractivity contribution in [3.8, 4) is 11.5 Å². The summed E-state index contributed by atoms with van der Waals surface area (Å²) in [5.74, 6) is 0.0231. The lowest BCUT2D eigenvalue weighted by atomic mass is 9.80. The third-order valence-corrected chi connectivity index (χ3v) is 4.86. The fourth-order valence-corrected chi connectivity index (χ4v) is 3.57. The molecule has 0 saturated heterocycles. The second-order valence-corrected chi connectivity index (χ2v) is 6.27. The van der Waals surface area contributed by atoms with Gasteiger partial charge in [0, 0.05) is 18.0 Å². The van der Waals surface area contributed by atoms with Crippen molar-refractivity contribution in [2.24, 2.45) is 5.73 Å². The van der Waals surface area contributed by atoms with E-state index < -0.39 is 0 Å². The summed E-state index contributed by atoms with van der Waals surface area (Å²) in [7, 11) is 0. The molecule has 4 N–H and O–H groups in total. The highest BCUT2D eigenvalue weighted by atomic mass is 16.3. The molecule has 1 aliphatic carbocycles. The molecule has 3 aromatic carbocycles. The number of nitrogens with two attached hydrogens (primary N) is 1. The molecule has 0 saturated carbocycles. The maximum absolute atomic E-state index is 10.3. The maximum atomic E-state index is 10.3. The summed E-state index contributed by atoms with van der Waals surface area (Å²) >= 11 is 0. The molecule has 120 valence electrons. The summed E-state index contributed by atoms with van der Waals surface area (Å²) in [6.45, 7) is 0.404. The SMILES string of the molecule is NCC1=CC(c2ccc3ccccc3c2)Cc2c1ccc(O)c2O. The summed E-state index contributed by atoms with van der Waals surface area (Å²) in [5, 5.41) is 22.5. The van der Waals surface area contributed by atoms with Gasteiger partial charge in [-0.2, -0.15) is 0 Å². The van der Waals surface area contributed by atoms with Gasteiger partial charge in [0.1, 0.15) is 0 Å². The number of benzene rings is 3. The first-order chi connectivity index (χ1) is 11.7. The Balaban J connectivity index is 1.82. The van der Waals surface area contributed by atoms with Gasteiger partial charge in [-0.05, 0) is 40.0 Å². The first-order valence-electron chi connectivity index (χ1n) is 8.11. The van der Waals surface area contributed by atoms with Crippen molar-refractivity contribution in [1.82, 2.24) is 0 Å². The first-order valence-corrected chi connectivity index (χ1v) is 8.11. The summed E-state index contributed by atoms with van der Waals surface area (Å²) in [4.78, 5) is 0. The van der Waals surface area contributed by atoms with E-state index in [-0.39, 0.29) is 17.4 Å². The zero-order chi connectivity index (χ0) is 16.7. The predicted molar refractivity (Wildman–Crippen MR) is 97.2 cm³/mol. The molecule has 0 amide bonds. The van der Waals surface area contributed by atoms with E-state index in [4.69, 9.17) is 5.73 Å². The number of phenolic OH excluding ortho intramolecular Hbond substituents is 2. The van der Waals surface area contributed by atoms with E-state index in [1.54, 1.807) is 0 Å². The van der Waals surface area contributed by atoms with Gasteiger partial charge in [-0.25, -0.2) is 0 Å². The third kappa shape index (κ3) is 2.34. The fraction of sp³-hybridized carbons (Fsp3) is 0.143. The van der Waals surface area contributed by atoms with Crippen molar-refractivity contribution in [2.45, 2.75) is 12.3 Å². The van der Waals surface area contributed by atoms with E-state index in [0.717, 1.165) is 16.7 Å². The number of allylic oxidation sites excluding steroid dienone is 1. The molecule has 3 nitrogen and oxygen atoms in total. The number of aromatic hydroxyl groups is 2. The van der Waals surface area contributed by atoms with Gasteiger partial charge in [0.25, 0.3) is 0 Å². The van der Waals surface area contributed by atoms with E-state index in [9.17, 15) is 10.2 Å². The van der Waals surface area contributed by atoms with Gasteiger partial charge in [0.15, 0.2) is 11.5 Å². The van der Waals surface area contributed by atoms with Crippen molar-refractivity contribution >= 4 is 16.3 Å². The molecule has 1 atom stereocenters. The monoisotopic (exact) mass is 317 g/mol. The minimum atomic E-state index is -0.0794.